The number of benzene rings is 1. The quantitative estimate of drug-likeness (QED) is 0.507. The number of nitrogens with zero attached hydrogens (tertiary/aromatic N) is 4. The van der Waals surface area contributed by atoms with Crippen LogP contribution in [0.5, 0.6) is 0 Å². The molecule has 3 rings (SSSR count). The molecule has 0 bridgehead atoms. The van der Waals surface area contributed by atoms with Crippen LogP contribution in [0.4, 0.5) is 22.2 Å². The fourth-order valence-corrected chi connectivity index (χ4v) is 4.33. The summed E-state index contributed by atoms with van der Waals surface area (Å²) in [5.74, 6) is -0.407. The first-order valence-corrected chi connectivity index (χ1v) is 11.6. The highest BCUT2D eigenvalue weighted by molar-refractivity contribution is 7.98. The molecule has 1 saturated heterocycles. The summed E-state index contributed by atoms with van der Waals surface area (Å²) in [5, 5.41) is 12.5. The molecule has 0 saturated carbocycles. The third-order valence-electron chi connectivity index (χ3n) is 5.42. The van der Waals surface area contributed by atoms with Crippen LogP contribution in [-0.4, -0.2) is 84.5 Å². The Hall–Kier alpha value is -2.92. The van der Waals surface area contributed by atoms with Gasteiger partial charge < -0.3 is 35.3 Å². The summed E-state index contributed by atoms with van der Waals surface area (Å²) in [6.07, 6.45) is 3.99. The molecule has 2 aromatic rings. The van der Waals surface area contributed by atoms with E-state index in [9.17, 15) is 14.7 Å². The van der Waals surface area contributed by atoms with E-state index in [4.69, 9.17) is 10.2 Å². The van der Waals surface area contributed by atoms with Crippen LogP contribution in [0.25, 0.3) is 0 Å². The maximum absolute atomic E-state index is 12.5. The Labute approximate surface area is 191 Å². The van der Waals surface area contributed by atoms with Crippen LogP contribution < -0.4 is 16.0 Å². The lowest BCUT2D eigenvalue weighted by molar-refractivity contribution is 0.102. The molecule has 32 heavy (non-hydrogen) atoms. The van der Waals surface area contributed by atoms with Crippen LogP contribution in [0.2, 0.25) is 0 Å². The van der Waals surface area contributed by atoms with Crippen molar-refractivity contribution in [1.29, 1.82) is 0 Å². The first-order valence-electron chi connectivity index (χ1n) is 10.4. The number of hydrogen-bond donors (Lipinski definition) is 3. The summed E-state index contributed by atoms with van der Waals surface area (Å²) in [6.45, 7) is 2.54. The Morgan fingerprint density at radius 3 is 2.78 bits per heavy atom. The highest BCUT2D eigenvalue weighted by atomic mass is 32.2. The zero-order valence-electron chi connectivity index (χ0n) is 18.6. The molecule has 1 atom stereocenters. The van der Waals surface area contributed by atoms with E-state index in [1.165, 1.54) is 18.0 Å². The molecule has 1 aromatic heterocycles. The normalized spacial score (nSPS) is 16.4. The summed E-state index contributed by atoms with van der Waals surface area (Å²) < 4.78 is 4.92. The van der Waals surface area contributed by atoms with E-state index in [0.29, 0.717) is 25.3 Å². The van der Waals surface area contributed by atoms with E-state index in [0.717, 1.165) is 30.0 Å². The Morgan fingerprint density at radius 1 is 1.38 bits per heavy atom. The van der Waals surface area contributed by atoms with Gasteiger partial charge in [0.25, 0.3) is 11.9 Å². The lowest BCUT2D eigenvalue weighted by Gasteiger charge is -2.41. The third kappa shape index (κ3) is 5.86. The zero-order valence-corrected chi connectivity index (χ0v) is 19.4. The van der Waals surface area contributed by atoms with Crippen molar-refractivity contribution in [3.05, 3.63) is 30.2 Å². The van der Waals surface area contributed by atoms with Crippen molar-refractivity contribution in [1.82, 2.24) is 14.8 Å². The van der Waals surface area contributed by atoms with E-state index in [-0.39, 0.29) is 17.8 Å². The summed E-state index contributed by atoms with van der Waals surface area (Å²) in [5.41, 5.74) is 7.16. The number of rotatable bonds is 8. The van der Waals surface area contributed by atoms with Gasteiger partial charge in [-0.15, -0.1) is 11.8 Å². The van der Waals surface area contributed by atoms with Gasteiger partial charge in [0.15, 0.2) is 5.69 Å². The van der Waals surface area contributed by atoms with Crippen molar-refractivity contribution in [2.75, 3.05) is 62.5 Å². The fraction of sp³-hybridized carbons (Fsp3) is 0.476. The number of thioether (sulfide) groups is 1. The number of oxazole rings is 1. The van der Waals surface area contributed by atoms with E-state index in [1.807, 2.05) is 38.6 Å². The van der Waals surface area contributed by atoms with Crippen molar-refractivity contribution in [3.63, 3.8) is 0 Å². The second-order valence-corrected chi connectivity index (χ2v) is 8.78. The fourth-order valence-electron chi connectivity index (χ4n) is 3.80. The van der Waals surface area contributed by atoms with Gasteiger partial charge in [-0.3, -0.25) is 4.79 Å². The second kappa shape index (κ2) is 10.6. The maximum Gasteiger partial charge on any atom is 0.407 e. The Bertz CT molecular complexity index is 950. The lowest BCUT2D eigenvalue weighted by atomic mass is 10.1. The molecule has 10 nitrogen and oxygen atoms in total. The molecule has 0 radical (unpaired) electrons. The number of nitrogens with one attached hydrogen (secondary N) is 1. The number of nitrogen functional groups attached to an aromatic ring is 1. The molecule has 1 aliphatic heterocycles. The van der Waals surface area contributed by atoms with Crippen molar-refractivity contribution in [2.24, 2.45) is 0 Å². The van der Waals surface area contributed by atoms with Gasteiger partial charge in [0.1, 0.15) is 6.26 Å². The molecule has 4 N–H and O–H groups in total. The molecule has 1 fully saturated rings. The average Bonchev–Trinajstić information content (AvgIpc) is 3.19. The second-order valence-electron chi connectivity index (χ2n) is 7.93. The number of amides is 2. The number of anilines is 3. The van der Waals surface area contributed by atoms with Crippen molar-refractivity contribution in [2.45, 2.75) is 23.8 Å². The standard InChI is InChI=1S/C21H30N6O4S/c1-25(2)8-4-5-15-12-26(9-10-27(15)21(29)30)14-6-7-18(32-3)16(11-14)23-19(28)17-13-31-20(22)24-17/h6-7,11,13,15H,4-5,8-10,12H2,1-3H3,(H2,22,24)(H,23,28)(H,29,30). The Balaban J connectivity index is 1.76. The highest BCUT2D eigenvalue weighted by Gasteiger charge is 2.30. The van der Waals surface area contributed by atoms with Gasteiger partial charge in [0, 0.05) is 30.2 Å². The molecule has 2 amide bonds. The van der Waals surface area contributed by atoms with Crippen LogP contribution >= 0.6 is 11.8 Å². The van der Waals surface area contributed by atoms with Crippen LogP contribution in [-0.2, 0) is 0 Å². The minimum absolute atomic E-state index is 0.0643. The molecule has 1 unspecified atom stereocenters. The molecule has 0 aliphatic carbocycles. The van der Waals surface area contributed by atoms with E-state index in [1.54, 1.807) is 4.90 Å². The lowest BCUT2D eigenvalue weighted by Crippen LogP contribution is -2.55. The smallest absolute Gasteiger partial charge is 0.407 e. The van der Waals surface area contributed by atoms with Crippen molar-refractivity contribution in [3.8, 4) is 0 Å². The third-order valence-corrected chi connectivity index (χ3v) is 6.22. The maximum atomic E-state index is 12.5. The summed E-state index contributed by atoms with van der Waals surface area (Å²) >= 11 is 1.52. The Morgan fingerprint density at radius 2 is 2.16 bits per heavy atom. The van der Waals surface area contributed by atoms with Gasteiger partial charge in [-0.1, -0.05) is 0 Å². The molecule has 11 heteroatoms. The molecule has 1 aromatic carbocycles. The monoisotopic (exact) mass is 462 g/mol. The zero-order chi connectivity index (χ0) is 23.3. The van der Waals surface area contributed by atoms with E-state index < -0.39 is 12.0 Å². The summed E-state index contributed by atoms with van der Waals surface area (Å²) in [6, 6.07) is 5.73. The summed E-state index contributed by atoms with van der Waals surface area (Å²) in [4.78, 5) is 34.9. The SMILES string of the molecule is CSc1ccc(N2CCN(C(=O)O)C(CCCN(C)C)C2)cc1NC(=O)c1coc(N)n1. The van der Waals surface area contributed by atoms with Crippen LogP contribution in [0, 0.1) is 0 Å². The number of carbonyl (C=O) groups excluding carboxylic acids is 1. The predicted octanol–water partition coefficient (Wildman–Crippen LogP) is 2.74. The van der Waals surface area contributed by atoms with Gasteiger partial charge in [0.05, 0.1) is 11.7 Å². The van der Waals surface area contributed by atoms with Crippen LogP contribution in [0.15, 0.2) is 33.8 Å². The molecule has 1 aliphatic rings. The minimum Gasteiger partial charge on any atom is -0.465 e. The van der Waals surface area contributed by atoms with Gasteiger partial charge in [-0.05, 0) is 57.9 Å². The average molecular weight is 463 g/mol. The molecule has 0 spiro atoms. The number of aromatic nitrogens is 1. The predicted molar refractivity (Wildman–Crippen MR) is 126 cm³/mol. The number of piperazine rings is 1. The topological polar surface area (TPSA) is 128 Å². The van der Waals surface area contributed by atoms with Crippen LogP contribution in [0.1, 0.15) is 23.3 Å². The molecule has 2 heterocycles. The van der Waals surface area contributed by atoms with E-state index in [2.05, 4.69) is 20.1 Å². The summed E-state index contributed by atoms with van der Waals surface area (Å²) in [7, 11) is 4.03. The number of carbonyl (C=O) groups is 2. The van der Waals surface area contributed by atoms with Crippen molar-refractivity contribution < 1.29 is 19.1 Å². The molecule has 174 valence electrons. The van der Waals surface area contributed by atoms with E-state index >= 15 is 0 Å². The molecular formula is C21H30N6O4S. The van der Waals surface area contributed by atoms with Crippen LogP contribution in [0.3, 0.4) is 0 Å². The number of nitrogens with two attached hydrogens (primary N) is 1. The van der Waals surface area contributed by atoms with Gasteiger partial charge in [-0.25, -0.2) is 4.79 Å². The van der Waals surface area contributed by atoms with Crippen molar-refractivity contribution >= 4 is 41.2 Å². The number of carboxylic acid groups (broad SMARTS) is 1. The highest BCUT2D eigenvalue weighted by Crippen LogP contribution is 2.32. The number of hydrogen-bond acceptors (Lipinski definition) is 8. The van der Waals surface area contributed by atoms with Gasteiger partial charge in [0.2, 0.25) is 0 Å². The molecular weight excluding hydrogens is 432 g/mol. The van der Waals surface area contributed by atoms with Gasteiger partial charge >= 0.3 is 6.09 Å². The first kappa shape index (κ1) is 23.7. The first-order chi connectivity index (χ1) is 15.3. The van der Waals surface area contributed by atoms with Gasteiger partial charge in [-0.2, -0.15) is 4.98 Å². The largest absolute Gasteiger partial charge is 0.465 e. The Kier molecular flexibility index (Phi) is 7.86. The minimum atomic E-state index is -0.878.